The molecule has 0 aliphatic heterocycles. The van der Waals surface area contributed by atoms with Crippen molar-refractivity contribution in [3.05, 3.63) is 36.2 Å². The van der Waals surface area contributed by atoms with Crippen molar-refractivity contribution in [3.8, 4) is 11.5 Å². The molecular weight excluding hydrogens is 332 g/mol. The summed E-state index contributed by atoms with van der Waals surface area (Å²) in [6, 6.07) is 6.06. The van der Waals surface area contributed by atoms with Gasteiger partial charge in [-0.3, -0.25) is 0 Å². The van der Waals surface area contributed by atoms with Gasteiger partial charge in [0, 0.05) is 26.4 Å². The number of anilines is 1. The molecule has 0 atom stereocenters. The van der Waals surface area contributed by atoms with Crippen molar-refractivity contribution in [2.45, 2.75) is 11.4 Å². The Morgan fingerprint density at radius 3 is 2.46 bits per heavy atom. The maximum atomic E-state index is 12.4. The molecule has 1 aromatic carbocycles. The van der Waals surface area contributed by atoms with E-state index >= 15 is 0 Å². The van der Waals surface area contributed by atoms with E-state index in [9.17, 15) is 8.42 Å². The van der Waals surface area contributed by atoms with Gasteiger partial charge < -0.3 is 14.4 Å². The Labute approximate surface area is 141 Å². The standard InChI is InChI=1S/C15H20N4O4S/c1-19(2)15-16-8-7-11(18-15)10-17-24(20,21)12-5-6-13(22-3)14(9-12)23-4/h5-9,17H,10H2,1-4H3. The number of sulfonamides is 1. The van der Waals surface area contributed by atoms with Crippen LogP contribution in [-0.4, -0.2) is 46.7 Å². The second-order valence-electron chi connectivity index (χ2n) is 5.08. The summed E-state index contributed by atoms with van der Waals surface area (Å²) >= 11 is 0. The highest BCUT2D eigenvalue weighted by atomic mass is 32.2. The van der Waals surface area contributed by atoms with Gasteiger partial charge in [-0.15, -0.1) is 0 Å². The number of nitrogens with zero attached hydrogens (tertiary/aromatic N) is 3. The van der Waals surface area contributed by atoms with Crippen molar-refractivity contribution in [2.24, 2.45) is 0 Å². The first-order valence-electron chi connectivity index (χ1n) is 7.08. The maximum Gasteiger partial charge on any atom is 0.241 e. The van der Waals surface area contributed by atoms with Gasteiger partial charge in [-0.25, -0.2) is 23.1 Å². The number of benzene rings is 1. The Morgan fingerprint density at radius 1 is 1.12 bits per heavy atom. The second kappa shape index (κ2) is 7.45. The highest BCUT2D eigenvalue weighted by molar-refractivity contribution is 7.89. The Morgan fingerprint density at radius 2 is 1.83 bits per heavy atom. The average Bonchev–Trinajstić information content (AvgIpc) is 2.59. The molecule has 0 saturated heterocycles. The number of nitrogens with one attached hydrogen (secondary N) is 1. The Balaban J connectivity index is 2.18. The first-order chi connectivity index (χ1) is 11.4. The van der Waals surface area contributed by atoms with Crippen molar-refractivity contribution >= 4 is 16.0 Å². The number of ether oxygens (including phenoxy) is 2. The summed E-state index contributed by atoms with van der Waals surface area (Å²) in [7, 11) is 2.85. The van der Waals surface area contributed by atoms with E-state index in [1.54, 1.807) is 23.2 Å². The zero-order valence-corrected chi connectivity index (χ0v) is 14.8. The van der Waals surface area contributed by atoms with Gasteiger partial charge in [0.25, 0.3) is 0 Å². The minimum Gasteiger partial charge on any atom is -0.493 e. The third-order valence-electron chi connectivity index (χ3n) is 3.21. The molecule has 0 aliphatic rings. The van der Waals surface area contributed by atoms with E-state index in [1.165, 1.54) is 26.4 Å². The van der Waals surface area contributed by atoms with Crippen LogP contribution in [0.2, 0.25) is 0 Å². The van der Waals surface area contributed by atoms with Crippen LogP contribution in [0.5, 0.6) is 11.5 Å². The largest absolute Gasteiger partial charge is 0.493 e. The lowest BCUT2D eigenvalue weighted by molar-refractivity contribution is 0.354. The van der Waals surface area contributed by atoms with E-state index in [0.29, 0.717) is 23.1 Å². The summed E-state index contributed by atoms with van der Waals surface area (Å²) in [4.78, 5) is 10.2. The Bertz CT molecular complexity index is 809. The highest BCUT2D eigenvalue weighted by Gasteiger charge is 2.17. The summed E-state index contributed by atoms with van der Waals surface area (Å²) in [6.07, 6.45) is 1.59. The number of methoxy groups -OCH3 is 2. The summed E-state index contributed by atoms with van der Waals surface area (Å²) < 4.78 is 37.6. The van der Waals surface area contributed by atoms with E-state index in [4.69, 9.17) is 9.47 Å². The van der Waals surface area contributed by atoms with Crippen molar-refractivity contribution < 1.29 is 17.9 Å². The van der Waals surface area contributed by atoms with Crippen LogP contribution in [0.25, 0.3) is 0 Å². The molecule has 0 unspecified atom stereocenters. The van der Waals surface area contributed by atoms with Crippen LogP contribution in [0.1, 0.15) is 5.69 Å². The topological polar surface area (TPSA) is 93.7 Å². The fraction of sp³-hybridized carbons (Fsp3) is 0.333. The van der Waals surface area contributed by atoms with Gasteiger partial charge >= 0.3 is 0 Å². The Hall–Kier alpha value is -2.39. The van der Waals surface area contributed by atoms with Crippen LogP contribution >= 0.6 is 0 Å². The molecule has 0 aliphatic carbocycles. The number of hydrogen-bond acceptors (Lipinski definition) is 7. The average molecular weight is 352 g/mol. The van der Waals surface area contributed by atoms with Crippen LogP contribution in [0.15, 0.2) is 35.4 Å². The zero-order valence-electron chi connectivity index (χ0n) is 14.0. The van der Waals surface area contributed by atoms with Gasteiger partial charge in [0.1, 0.15) is 0 Å². The summed E-state index contributed by atoms with van der Waals surface area (Å²) in [5.41, 5.74) is 0.567. The third-order valence-corrected chi connectivity index (χ3v) is 4.61. The van der Waals surface area contributed by atoms with E-state index < -0.39 is 10.0 Å². The molecule has 130 valence electrons. The molecule has 1 N–H and O–H groups in total. The minimum absolute atomic E-state index is 0.0556. The van der Waals surface area contributed by atoms with Crippen molar-refractivity contribution in [1.29, 1.82) is 0 Å². The van der Waals surface area contributed by atoms with E-state index in [1.807, 2.05) is 14.1 Å². The lowest BCUT2D eigenvalue weighted by Crippen LogP contribution is -2.24. The minimum atomic E-state index is -3.71. The van der Waals surface area contributed by atoms with Crippen molar-refractivity contribution in [1.82, 2.24) is 14.7 Å². The first kappa shape index (κ1) is 18.0. The first-order valence-corrected chi connectivity index (χ1v) is 8.56. The molecule has 0 fully saturated rings. The molecule has 0 radical (unpaired) electrons. The van der Waals surface area contributed by atoms with E-state index in [-0.39, 0.29) is 11.4 Å². The van der Waals surface area contributed by atoms with Gasteiger partial charge in [-0.2, -0.15) is 0 Å². The van der Waals surface area contributed by atoms with Crippen LogP contribution in [0.3, 0.4) is 0 Å². The van der Waals surface area contributed by atoms with Crippen LogP contribution in [0.4, 0.5) is 5.95 Å². The van der Waals surface area contributed by atoms with Gasteiger partial charge in [-0.1, -0.05) is 0 Å². The van der Waals surface area contributed by atoms with E-state index in [2.05, 4.69) is 14.7 Å². The number of aromatic nitrogens is 2. The summed E-state index contributed by atoms with van der Waals surface area (Å²) in [6.45, 7) is 0.0556. The van der Waals surface area contributed by atoms with Gasteiger partial charge in [0.15, 0.2) is 11.5 Å². The molecule has 2 rings (SSSR count). The normalized spacial score (nSPS) is 11.2. The van der Waals surface area contributed by atoms with Gasteiger partial charge in [0.05, 0.1) is 31.4 Å². The molecule has 24 heavy (non-hydrogen) atoms. The van der Waals surface area contributed by atoms with Crippen molar-refractivity contribution in [2.75, 3.05) is 33.2 Å². The highest BCUT2D eigenvalue weighted by Crippen LogP contribution is 2.29. The number of hydrogen-bond donors (Lipinski definition) is 1. The predicted octanol–water partition coefficient (Wildman–Crippen LogP) is 1.04. The molecule has 1 heterocycles. The predicted molar refractivity (Wildman–Crippen MR) is 89.9 cm³/mol. The van der Waals surface area contributed by atoms with Gasteiger partial charge in [0.2, 0.25) is 16.0 Å². The fourth-order valence-corrected chi connectivity index (χ4v) is 2.95. The lowest BCUT2D eigenvalue weighted by Gasteiger charge is -2.12. The molecule has 0 saturated carbocycles. The van der Waals surface area contributed by atoms with Gasteiger partial charge in [-0.05, 0) is 18.2 Å². The smallest absolute Gasteiger partial charge is 0.241 e. The fourth-order valence-electron chi connectivity index (χ4n) is 1.93. The SMILES string of the molecule is COc1ccc(S(=O)(=O)NCc2ccnc(N(C)C)n2)cc1OC. The third kappa shape index (κ3) is 4.12. The summed E-state index contributed by atoms with van der Waals surface area (Å²) in [5, 5.41) is 0. The molecular formula is C15H20N4O4S. The molecule has 9 heteroatoms. The van der Waals surface area contributed by atoms with Crippen LogP contribution in [-0.2, 0) is 16.6 Å². The molecule has 0 amide bonds. The van der Waals surface area contributed by atoms with Crippen LogP contribution in [0, 0.1) is 0 Å². The quantitative estimate of drug-likeness (QED) is 0.795. The van der Waals surface area contributed by atoms with E-state index in [0.717, 1.165) is 0 Å². The Kier molecular flexibility index (Phi) is 5.58. The van der Waals surface area contributed by atoms with Crippen LogP contribution < -0.4 is 19.1 Å². The van der Waals surface area contributed by atoms with Crippen molar-refractivity contribution in [3.63, 3.8) is 0 Å². The monoisotopic (exact) mass is 352 g/mol. The zero-order chi connectivity index (χ0) is 17.7. The summed E-state index contributed by atoms with van der Waals surface area (Å²) in [5.74, 6) is 1.32. The molecule has 0 spiro atoms. The molecule has 8 nitrogen and oxygen atoms in total. The maximum absolute atomic E-state index is 12.4. The second-order valence-corrected chi connectivity index (χ2v) is 6.85. The molecule has 2 aromatic rings. The molecule has 0 bridgehead atoms. The number of rotatable bonds is 7. The lowest BCUT2D eigenvalue weighted by atomic mass is 10.3. The molecule has 1 aromatic heterocycles.